The third-order valence-electron chi connectivity index (χ3n) is 3.13. The third kappa shape index (κ3) is 3.41. The van der Waals surface area contributed by atoms with Crippen LogP contribution >= 0.6 is 22.9 Å². The van der Waals surface area contributed by atoms with E-state index in [-0.39, 0.29) is 0 Å². The third-order valence-corrected chi connectivity index (χ3v) is 4.28. The van der Waals surface area contributed by atoms with Gasteiger partial charge in [-0.2, -0.15) is 0 Å². The van der Waals surface area contributed by atoms with Crippen molar-refractivity contribution in [3.8, 4) is 0 Å². The van der Waals surface area contributed by atoms with E-state index in [4.69, 9.17) is 16.3 Å². The summed E-state index contributed by atoms with van der Waals surface area (Å²) < 4.78 is 5.70. The van der Waals surface area contributed by atoms with Gasteiger partial charge in [-0.05, 0) is 13.3 Å². The van der Waals surface area contributed by atoms with Gasteiger partial charge in [0.15, 0.2) is 0 Å². The van der Waals surface area contributed by atoms with Crippen molar-refractivity contribution in [1.29, 1.82) is 0 Å². The molecule has 0 N–H and O–H groups in total. The summed E-state index contributed by atoms with van der Waals surface area (Å²) in [6, 6.07) is 0.523. The average Bonchev–Trinajstić information content (AvgIpc) is 2.77. The van der Waals surface area contributed by atoms with Crippen molar-refractivity contribution in [2.45, 2.75) is 44.8 Å². The first-order chi connectivity index (χ1) is 8.22. The van der Waals surface area contributed by atoms with Gasteiger partial charge in [0.1, 0.15) is 5.01 Å². The second-order valence-corrected chi connectivity index (χ2v) is 5.71. The summed E-state index contributed by atoms with van der Waals surface area (Å²) in [5.74, 6) is 0.507. The van der Waals surface area contributed by atoms with Crippen molar-refractivity contribution in [3.63, 3.8) is 0 Å². The fourth-order valence-electron chi connectivity index (χ4n) is 2.14. The van der Waals surface area contributed by atoms with Crippen LogP contribution in [0.4, 0.5) is 0 Å². The molecule has 1 aliphatic heterocycles. The summed E-state index contributed by atoms with van der Waals surface area (Å²) in [5.41, 5.74) is 0.987. The van der Waals surface area contributed by atoms with Crippen LogP contribution in [0.5, 0.6) is 0 Å². The van der Waals surface area contributed by atoms with Crippen molar-refractivity contribution >= 4 is 22.9 Å². The van der Waals surface area contributed by atoms with Crippen LogP contribution in [0.3, 0.4) is 0 Å². The summed E-state index contributed by atoms with van der Waals surface area (Å²) in [6.45, 7) is 7.10. The lowest BCUT2D eigenvalue weighted by Crippen LogP contribution is -2.47. The van der Waals surface area contributed by atoms with E-state index in [1.54, 1.807) is 11.3 Å². The van der Waals surface area contributed by atoms with Crippen LogP contribution in [0, 0.1) is 0 Å². The van der Waals surface area contributed by atoms with Crippen molar-refractivity contribution < 1.29 is 4.74 Å². The molecule has 0 radical (unpaired) electrons. The smallest absolute Gasteiger partial charge is 0.107 e. The summed E-state index contributed by atoms with van der Waals surface area (Å²) in [5, 5.41) is 3.21. The number of hydrogen-bond acceptors (Lipinski definition) is 4. The van der Waals surface area contributed by atoms with Crippen LogP contribution in [0.1, 0.15) is 31.0 Å². The first-order valence-electron chi connectivity index (χ1n) is 6.07. The van der Waals surface area contributed by atoms with Gasteiger partial charge in [-0.3, -0.25) is 4.90 Å². The molecular formula is C12H19ClN2OS. The van der Waals surface area contributed by atoms with E-state index in [2.05, 4.69) is 23.7 Å². The highest BCUT2D eigenvalue weighted by Crippen LogP contribution is 2.20. The Morgan fingerprint density at radius 1 is 1.65 bits per heavy atom. The molecule has 1 aromatic rings. The van der Waals surface area contributed by atoms with Gasteiger partial charge in [0.25, 0.3) is 0 Å². The molecule has 2 atom stereocenters. The number of alkyl halides is 1. The molecule has 3 nitrogen and oxygen atoms in total. The van der Waals surface area contributed by atoms with Gasteiger partial charge < -0.3 is 4.74 Å². The maximum Gasteiger partial charge on any atom is 0.107 e. The molecule has 2 heterocycles. The Morgan fingerprint density at radius 3 is 3.12 bits per heavy atom. The first kappa shape index (κ1) is 13.3. The number of morpholine rings is 1. The number of nitrogens with zero attached hydrogens (tertiary/aromatic N) is 2. The maximum absolute atomic E-state index is 5.77. The van der Waals surface area contributed by atoms with Crippen LogP contribution in [0.25, 0.3) is 0 Å². The topological polar surface area (TPSA) is 25.4 Å². The molecule has 0 aliphatic carbocycles. The van der Waals surface area contributed by atoms with E-state index in [0.717, 1.165) is 36.8 Å². The molecule has 2 rings (SSSR count). The van der Waals surface area contributed by atoms with Crippen molar-refractivity contribution in [3.05, 3.63) is 16.1 Å². The molecule has 17 heavy (non-hydrogen) atoms. The lowest BCUT2D eigenvalue weighted by atomic mass is 10.1. The van der Waals surface area contributed by atoms with Crippen LogP contribution in [-0.4, -0.2) is 35.2 Å². The van der Waals surface area contributed by atoms with Gasteiger partial charge in [0.2, 0.25) is 0 Å². The second-order valence-electron chi connectivity index (χ2n) is 4.50. The highest BCUT2D eigenvalue weighted by atomic mass is 35.5. The highest BCUT2D eigenvalue weighted by molar-refractivity contribution is 7.09. The SMILES string of the molecule is CCC1COC(C)CN1Cc1nc(CCl)cs1. The van der Waals surface area contributed by atoms with E-state index in [9.17, 15) is 0 Å². The number of thiazole rings is 1. The van der Waals surface area contributed by atoms with Gasteiger partial charge in [-0.1, -0.05) is 6.92 Å². The van der Waals surface area contributed by atoms with Gasteiger partial charge in [0.05, 0.1) is 30.8 Å². The number of hydrogen-bond donors (Lipinski definition) is 0. The normalized spacial score (nSPS) is 26.3. The highest BCUT2D eigenvalue weighted by Gasteiger charge is 2.26. The largest absolute Gasteiger partial charge is 0.376 e. The summed E-state index contributed by atoms with van der Waals surface area (Å²) >= 11 is 7.48. The molecule has 0 saturated carbocycles. The Kier molecular flexibility index (Phi) is 4.79. The van der Waals surface area contributed by atoms with Crippen LogP contribution in [0.2, 0.25) is 0 Å². The summed E-state index contributed by atoms with van der Waals surface area (Å²) in [4.78, 5) is 7.00. The van der Waals surface area contributed by atoms with E-state index in [1.807, 2.05) is 5.38 Å². The monoisotopic (exact) mass is 274 g/mol. The van der Waals surface area contributed by atoms with E-state index < -0.39 is 0 Å². The fourth-order valence-corrected chi connectivity index (χ4v) is 3.19. The van der Waals surface area contributed by atoms with Gasteiger partial charge in [-0.25, -0.2) is 4.98 Å². The number of rotatable bonds is 4. The van der Waals surface area contributed by atoms with Crippen LogP contribution in [-0.2, 0) is 17.2 Å². The number of halogens is 1. The van der Waals surface area contributed by atoms with Crippen molar-refractivity contribution in [1.82, 2.24) is 9.88 Å². The Bertz CT molecular complexity index is 358. The Balaban J connectivity index is 1.99. The number of ether oxygens (including phenoxy) is 1. The lowest BCUT2D eigenvalue weighted by Gasteiger charge is -2.37. The minimum Gasteiger partial charge on any atom is -0.376 e. The molecule has 5 heteroatoms. The predicted molar refractivity (Wildman–Crippen MR) is 71.6 cm³/mol. The molecule has 96 valence electrons. The number of aromatic nitrogens is 1. The molecule has 0 bridgehead atoms. The van der Waals surface area contributed by atoms with Crippen LogP contribution < -0.4 is 0 Å². The predicted octanol–water partition coefficient (Wildman–Crippen LogP) is 2.88. The average molecular weight is 275 g/mol. The standard InChI is InChI=1S/C12H19ClN2OS/c1-3-11-7-16-9(2)5-15(11)6-12-14-10(4-13)8-17-12/h8-9,11H,3-7H2,1-2H3. The van der Waals surface area contributed by atoms with E-state index in [1.165, 1.54) is 0 Å². The zero-order valence-corrected chi connectivity index (χ0v) is 11.9. The zero-order valence-electron chi connectivity index (χ0n) is 10.4. The Morgan fingerprint density at radius 2 is 2.47 bits per heavy atom. The van der Waals surface area contributed by atoms with Gasteiger partial charge in [0, 0.05) is 18.0 Å². The molecule has 1 aliphatic rings. The molecule has 0 aromatic carbocycles. The van der Waals surface area contributed by atoms with Crippen molar-refractivity contribution in [2.75, 3.05) is 13.2 Å². The van der Waals surface area contributed by atoms with Gasteiger partial charge in [-0.15, -0.1) is 22.9 Å². The Labute approximate surface area is 112 Å². The lowest BCUT2D eigenvalue weighted by molar-refractivity contribution is -0.0592. The molecule has 2 unspecified atom stereocenters. The molecule has 0 amide bonds. The first-order valence-corrected chi connectivity index (χ1v) is 7.49. The fraction of sp³-hybridized carbons (Fsp3) is 0.750. The molecular weight excluding hydrogens is 256 g/mol. The van der Waals surface area contributed by atoms with E-state index >= 15 is 0 Å². The van der Waals surface area contributed by atoms with E-state index in [0.29, 0.717) is 18.0 Å². The molecule has 1 fully saturated rings. The van der Waals surface area contributed by atoms with Crippen molar-refractivity contribution in [2.24, 2.45) is 0 Å². The quantitative estimate of drug-likeness (QED) is 0.790. The summed E-state index contributed by atoms with van der Waals surface area (Å²) in [6.07, 6.45) is 1.45. The maximum atomic E-state index is 5.77. The molecule has 0 spiro atoms. The molecule has 1 aromatic heterocycles. The minimum absolute atomic E-state index is 0.324. The molecule has 1 saturated heterocycles. The minimum atomic E-state index is 0.324. The van der Waals surface area contributed by atoms with Gasteiger partial charge >= 0.3 is 0 Å². The zero-order chi connectivity index (χ0) is 12.3. The Hall–Kier alpha value is -0.160. The summed E-state index contributed by atoms with van der Waals surface area (Å²) in [7, 11) is 0. The van der Waals surface area contributed by atoms with Crippen LogP contribution in [0.15, 0.2) is 5.38 Å². The second kappa shape index (κ2) is 6.14.